The number of aromatic nitrogens is 2. The van der Waals surface area contributed by atoms with E-state index in [2.05, 4.69) is 15.5 Å². The highest BCUT2D eigenvalue weighted by molar-refractivity contribution is 5.83. The van der Waals surface area contributed by atoms with Gasteiger partial charge in [0.1, 0.15) is 6.04 Å². The number of amides is 1. The Morgan fingerprint density at radius 3 is 2.62 bits per heavy atom. The molecule has 1 heterocycles. The van der Waals surface area contributed by atoms with Crippen LogP contribution >= 0.6 is 0 Å². The van der Waals surface area contributed by atoms with Crippen LogP contribution in [-0.2, 0) is 22.4 Å². The first-order valence-corrected chi connectivity index (χ1v) is 7.31. The van der Waals surface area contributed by atoms with Crippen LogP contribution in [0.25, 0.3) is 0 Å². The van der Waals surface area contributed by atoms with Crippen molar-refractivity contribution in [2.45, 2.75) is 58.9 Å². The molecular weight excluding hydrogens is 274 g/mol. The Kier molecular flexibility index (Phi) is 6.84. The SMILES string of the molecule is CCCc1noc(CCC(=O)NC(C(=O)O)C(C)CC)n1. The van der Waals surface area contributed by atoms with Crippen molar-refractivity contribution >= 4 is 11.9 Å². The average Bonchev–Trinajstić information content (AvgIpc) is 2.89. The molecule has 7 heteroatoms. The standard InChI is InChI=1S/C14H23N3O4/c1-4-6-10-15-12(21-17-10)8-7-11(18)16-13(14(19)20)9(3)5-2/h9,13H,4-8H2,1-3H3,(H,16,18)(H,19,20). The van der Waals surface area contributed by atoms with Gasteiger partial charge in [0.15, 0.2) is 5.82 Å². The van der Waals surface area contributed by atoms with E-state index in [0.717, 1.165) is 12.8 Å². The van der Waals surface area contributed by atoms with Crippen molar-refractivity contribution in [2.24, 2.45) is 5.92 Å². The third-order valence-corrected chi connectivity index (χ3v) is 3.35. The zero-order valence-electron chi connectivity index (χ0n) is 12.8. The summed E-state index contributed by atoms with van der Waals surface area (Å²) in [6.45, 7) is 5.71. The first-order valence-electron chi connectivity index (χ1n) is 7.31. The Balaban J connectivity index is 2.46. The number of rotatable bonds is 9. The van der Waals surface area contributed by atoms with Gasteiger partial charge in [-0.1, -0.05) is 32.3 Å². The number of carbonyl (C=O) groups excluding carboxylic acids is 1. The van der Waals surface area contributed by atoms with Crippen LogP contribution in [0, 0.1) is 5.92 Å². The van der Waals surface area contributed by atoms with E-state index < -0.39 is 12.0 Å². The molecule has 2 N–H and O–H groups in total. The van der Waals surface area contributed by atoms with Gasteiger partial charge in [-0.05, 0) is 12.3 Å². The van der Waals surface area contributed by atoms with E-state index in [1.807, 2.05) is 13.8 Å². The predicted octanol–water partition coefficient (Wildman–Crippen LogP) is 1.57. The molecule has 0 bridgehead atoms. The topological polar surface area (TPSA) is 105 Å². The molecule has 1 amide bonds. The molecule has 0 saturated carbocycles. The van der Waals surface area contributed by atoms with Gasteiger partial charge < -0.3 is 14.9 Å². The molecule has 21 heavy (non-hydrogen) atoms. The van der Waals surface area contributed by atoms with Gasteiger partial charge in [0, 0.05) is 19.3 Å². The van der Waals surface area contributed by atoms with Gasteiger partial charge in [0.25, 0.3) is 0 Å². The molecule has 1 aromatic rings. The highest BCUT2D eigenvalue weighted by Gasteiger charge is 2.25. The summed E-state index contributed by atoms with van der Waals surface area (Å²) < 4.78 is 5.03. The summed E-state index contributed by atoms with van der Waals surface area (Å²) >= 11 is 0. The molecule has 118 valence electrons. The normalized spacial score (nSPS) is 13.7. The number of nitrogens with one attached hydrogen (secondary N) is 1. The number of carboxylic acid groups (broad SMARTS) is 1. The third-order valence-electron chi connectivity index (χ3n) is 3.35. The first kappa shape index (κ1) is 17.1. The lowest BCUT2D eigenvalue weighted by molar-refractivity contribution is -0.143. The van der Waals surface area contributed by atoms with E-state index in [1.54, 1.807) is 6.92 Å². The van der Waals surface area contributed by atoms with Crippen molar-refractivity contribution in [3.8, 4) is 0 Å². The van der Waals surface area contributed by atoms with E-state index in [-0.39, 0.29) is 18.2 Å². The average molecular weight is 297 g/mol. The summed E-state index contributed by atoms with van der Waals surface area (Å²) in [5.41, 5.74) is 0. The van der Waals surface area contributed by atoms with Crippen molar-refractivity contribution in [3.05, 3.63) is 11.7 Å². The molecule has 0 saturated heterocycles. The Morgan fingerprint density at radius 2 is 2.05 bits per heavy atom. The summed E-state index contributed by atoms with van der Waals surface area (Å²) in [7, 11) is 0. The van der Waals surface area contributed by atoms with Gasteiger partial charge in [-0.15, -0.1) is 0 Å². The number of carbonyl (C=O) groups is 2. The minimum atomic E-state index is -1.01. The molecule has 0 radical (unpaired) electrons. The second-order valence-corrected chi connectivity index (χ2v) is 5.12. The molecule has 0 aliphatic rings. The van der Waals surface area contributed by atoms with Gasteiger partial charge in [0.05, 0.1) is 0 Å². The molecule has 0 spiro atoms. The fourth-order valence-corrected chi connectivity index (χ4v) is 1.87. The van der Waals surface area contributed by atoms with Crippen LogP contribution in [0.3, 0.4) is 0 Å². The third kappa shape index (κ3) is 5.53. The van der Waals surface area contributed by atoms with Crippen molar-refractivity contribution in [2.75, 3.05) is 0 Å². The van der Waals surface area contributed by atoms with Crippen LogP contribution in [0.15, 0.2) is 4.52 Å². The Labute approximate surface area is 124 Å². The fraction of sp³-hybridized carbons (Fsp3) is 0.714. The first-order chi connectivity index (χ1) is 9.97. The molecule has 1 aromatic heterocycles. The van der Waals surface area contributed by atoms with Crippen LogP contribution in [-0.4, -0.2) is 33.2 Å². The van der Waals surface area contributed by atoms with Crippen molar-refractivity contribution in [3.63, 3.8) is 0 Å². The molecule has 0 aliphatic carbocycles. The molecule has 0 aromatic carbocycles. The van der Waals surface area contributed by atoms with E-state index >= 15 is 0 Å². The molecule has 1 rings (SSSR count). The number of aliphatic carboxylic acids is 1. The van der Waals surface area contributed by atoms with E-state index in [0.29, 0.717) is 24.6 Å². The van der Waals surface area contributed by atoms with Gasteiger partial charge in [-0.3, -0.25) is 4.79 Å². The number of nitrogens with zero attached hydrogens (tertiary/aromatic N) is 2. The maximum atomic E-state index is 11.8. The van der Waals surface area contributed by atoms with E-state index in [4.69, 9.17) is 9.63 Å². The Morgan fingerprint density at radius 1 is 1.33 bits per heavy atom. The van der Waals surface area contributed by atoms with Crippen LogP contribution in [0.5, 0.6) is 0 Å². The summed E-state index contributed by atoms with van der Waals surface area (Å²) in [5.74, 6) is -0.412. The quantitative estimate of drug-likeness (QED) is 0.716. The molecule has 7 nitrogen and oxygen atoms in total. The van der Waals surface area contributed by atoms with Gasteiger partial charge in [-0.25, -0.2) is 4.79 Å². The molecule has 0 fully saturated rings. The summed E-state index contributed by atoms with van der Waals surface area (Å²) in [5, 5.41) is 15.5. The second-order valence-electron chi connectivity index (χ2n) is 5.12. The van der Waals surface area contributed by atoms with Crippen molar-refractivity contribution in [1.82, 2.24) is 15.5 Å². The molecule has 0 aliphatic heterocycles. The van der Waals surface area contributed by atoms with Gasteiger partial charge in [-0.2, -0.15) is 4.98 Å². The summed E-state index contributed by atoms with van der Waals surface area (Å²) in [4.78, 5) is 27.1. The van der Waals surface area contributed by atoms with Crippen LogP contribution in [0.4, 0.5) is 0 Å². The predicted molar refractivity (Wildman–Crippen MR) is 75.6 cm³/mol. The monoisotopic (exact) mass is 297 g/mol. The zero-order valence-corrected chi connectivity index (χ0v) is 12.8. The number of hydrogen-bond acceptors (Lipinski definition) is 5. The van der Waals surface area contributed by atoms with Gasteiger partial charge >= 0.3 is 5.97 Å². The lowest BCUT2D eigenvalue weighted by atomic mass is 9.99. The number of aryl methyl sites for hydroxylation is 2. The highest BCUT2D eigenvalue weighted by Crippen LogP contribution is 2.09. The Bertz CT molecular complexity index is 473. The number of hydrogen-bond donors (Lipinski definition) is 2. The largest absolute Gasteiger partial charge is 0.480 e. The maximum Gasteiger partial charge on any atom is 0.326 e. The lowest BCUT2D eigenvalue weighted by Crippen LogP contribution is -2.45. The van der Waals surface area contributed by atoms with Crippen molar-refractivity contribution in [1.29, 1.82) is 0 Å². The maximum absolute atomic E-state index is 11.8. The van der Waals surface area contributed by atoms with Crippen LogP contribution in [0.1, 0.15) is 51.7 Å². The second kappa shape index (κ2) is 8.39. The lowest BCUT2D eigenvalue weighted by Gasteiger charge is -2.19. The zero-order chi connectivity index (χ0) is 15.8. The summed E-state index contributed by atoms with van der Waals surface area (Å²) in [6.07, 6.45) is 2.80. The fourth-order valence-electron chi connectivity index (χ4n) is 1.87. The van der Waals surface area contributed by atoms with Crippen molar-refractivity contribution < 1.29 is 19.2 Å². The molecular formula is C14H23N3O4. The smallest absolute Gasteiger partial charge is 0.326 e. The summed E-state index contributed by atoms with van der Waals surface area (Å²) in [6, 6.07) is -0.860. The van der Waals surface area contributed by atoms with E-state index in [1.165, 1.54) is 0 Å². The minimum Gasteiger partial charge on any atom is -0.480 e. The van der Waals surface area contributed by atoms with Crippen LogP contribution < -0.4 is 5.32 Å². The van der Waals surface area contributed by atoms with Crippen LogP contribution in [0.2, 0.25) is 0 Å². The van der Waals surface area contributed by atoms with E-state index in [9.17, 15) is 9.59 Å². The highest BCUT2D eigenvalue weighted by atomic mass is 16.5. The number of carboxylic acids is 1. The minimum absolute atomic E-state index is 0.119. The Hall–Kier alpha value is -1.92. The van der Waals surface area contributed by atoms with Gasteiger partial charge in [0.2, 0.25) is 11.8 Å². The molecule has 2 atom stereocenters. The molecule has 2 unspecified atom stereocenters.